The van der Waals surface area contributed by atoms with Gasteiger partial charge in [0.25, 0.3) is 5.91 Å². The molecule has 2 aliphatic carbocycles. The molecule has 5 heterocycles. The van der Waals surface area contributed by atoms with Gasteiger partial charge in [0.1, 0.15) is 23.3 Å². The zero-order chi connectivity index (χ0) is 44.7. The number of benzene rings is 2. The Morgan fingerprint density at radius 2 is 1.73 bits per heavy atom. The number of nitrogens with one attached hydrogen (secondary N) is 3. The van der Waals surface area contributed by atoms with Gasteiger partial charge in [-0.25, -0.2) is 9.37 Å². The second-order valence-electron chi connectivity index (χ2n) is 18.9. The lowest BCUT2D eigenvalue weighted by molar-refractivity contribution is -0.134. The van der Waals surface area contributed by atoms with Crippen molar-refractivity contribution in [1.82, 2.24) is 25.5 Å². The average Bonchev–Trinajstić information content (AvgIpc) is 3.87. The largest absolute Gasteiger partial charge is 0.495 e. The molecule has 3 saturated heterocycles. The summed E-state index contributed by atoms with van der Waals surface area (Å²) in [6, 6.07) is 10.3. The maximum atomic E-state index is 15.4. The number of likely N-dealkylation sites (N-methyl/N-ethyl adjacent to an activating group) is 1. The molecule has 2 saturated carbocycles. The summed E-state index contributed by atoms with van der Waals surface area (Å²) in [5, 5.41) is 19.5. The molecule has 3 unspecified atom stereocenters. The molecule has 0 radical (unpaired) electrons. The van der Waals surface area contributed by atoms with Crippen LogP contribution in [-0.4, -0.2) is 115 Å². The highest BCUT2D eigenvalue weighted by molar-refractivity contribution is 6.04. The summed E-state index contributed by atoms with van der Waals surface area (Å²) in [6.07, 6.45) is 11.6. The number of imide groups is 1. The van der Waals surface area contributed by atoms with Gasteiger partial charge in [-0.3, -0.25) is 24.5 Å². The summed E-state index contributed by atoms with van der Waals surface area (Å²) < 4.78 is 21.3. The predicted octanol–water partition coefficient (Wildman–Crippen LogP) is 5.50. The van der Waals surface area contributed by atoms with Gasteiger partial charge in [-0.2, -0.15) is 4.98 Å². The molecular formula is C48H62FN9O6. The first-order valence-electron chi connectivity index (χ1n) is 23.4. The van der Waals surface area contributed by atoms with Gasteiger partial charge >= 0.3 is 0 Å². The van der Waals surface area contributed by atoms with Gasteiger partial charge in [0.05, 0.1) is 36.1 Å². The molecule has 4 atom stereocenters. The third kappa shape index (κ3) is 8.27. The maximum absolute atomic E-state index is 15.4. The fourth-order valence-electron chi connectivity index (χ4n) is 12.0. The van der Waals surface area contributed by atoms with Crippen LogP contribution < -0.4 is 35.4 Å². The molecule has 64 heavy (non-hydrogen) atoms. The number of halogens is 1. The SMILES string of the molecule is CC[C@@H]1C(=O)N(C)c2cnc(Nc3ccc(C(=O)NC4(CCO)C5CCC4CN(CC4CCN(c6ccc(C7CCC(=O)NC7=O)cc6F)CC4)C5)cc3OC)nc2N1C1CCCC1. The minimum absolute atomic E-state index is 0.0229. The Labute approximate surface area is 374 Å². The molecule has 4 aliphatic heterocycles. The summed E-state index contributed by atoms with van der Waals surface area (Å²) >= 11 is 0. The van der Waals surface area contributed by atoms with E-state index < -0.39 is 11.5 Å². The number of aliphatic hydroxyl groups excluding tert-OH is 1. The molecule has 9 rings (SSSR count). The zero-order valence-corrected chi connectivity index (χ0v) is 37.3. The highest BCUT2D eigenvalue weighted by Gasteiger charge is 2.54. The Hall–Kier alpha value is -5.35. The summed E-state index contributed by atoms with van der Waals surface area (Å²) in [5.41, 5.74) is 2.37. The Bertz CT molecular complexity index is 2250. The van der Waals surface area contributed by atoms with E-state index >= 15 is 4.39 Å². The average molecular weight is 880 g/mol. The van der Waals surface area contributed by atoms with E-state index in [0.717, 1.165) is 89.9 Å². The Balaban J connectivity index is 0.828. The number of piperidine rings is 3. The first-order chi connectivity index (χ1) is 31.0. The molecule has 4 amide bonds. The van der Waals surface area contributed by atoms with Crippen LogP contribution >= 0.6 is 0 Å². The van der Waals surface area contributed by atoms with Crippen LogP contribution in [-0.2, 0) is 14.4 Å². The lowest BCUT2D eigenvalue weighted by atomic mass is 9.74. The van der Waals surface area contributed by atoms with Crippen LogP contribution in [0.3, 0.4) is 0 Å². The molecule has 2 aromatic carbocycles. The van der Waals surface area contributed by atoms with Crippen LogP contribution in [0.15, 0.2) is 42.6 Å². The van der Waals surface area contributed by atoms with Crippen LogP contribution in [0.4, 0.5) is 33.2 Å². The highest BCUT2D eigenvalue weighted by atomic mass is 19.1. The Kier molecular flexibility index (Phi) is 12.5. The van der Waals surface area contributed by atoms with Crippen LogP contribution in [0, 0.1) is 23.6 Å². The first-order valence-corrected chi connectivity index (χ1v) is 23.4. The number of methoxy groups -OCH3 is 1. The zero-order valence-electron chi connectivity index (χ0n) is 37.3. The first kappa shape index (κ1) is 43.9. The van der Waals surface area contributed by atoms with E-state index in [1.165, 1.54) is 6.07 Å². The van der Waals surface area contributed by atoms with Gasteiger partial charge in [0.15, 0.2) is 5.82 Å². The number of carbonyl (C=O) groups excluding carboxylic acids is 4. The third-order valence-electron chi connectivity index (χ3n) is 15.4. The number of aromatic nitrogens is 2. The number of rotatable bonds is 13. The van der Waals surface area contributed by atoms with Crippen molar-refractivity contribution < 1.29 is 33.4 Å². The number of amides is 4. The van der Waals surface area contributed by atoms with Crippen molar-refractivity contribution in [2.24, 2.45) is 17.8 Å². The third-order valence-corrected chi connectivity index (χ3v) is 15.4. The van der Waals surface area contributed by atoms with Crippen molar-refractivity contribution in [3.63, 3.8) is 0 Å². The van der Waals surface area contributed by atoms with Gasteiger partial charge in [-0.05, 0) is 111 Å². The fraction of sp³-hybridized carbons (Fsp3) is 0.583. The van der Waals surface area contributed by atoms with Gasteiger partial charge in [-0.15, -0.1) is 0 Å². The number of hydrogen-bond acceptors (Lipinski definition) is 12. The number of fused-ring (bicyclic) bond motifs is 3. The summed E-state index contributed by atoms with van der Waals surface area (Å²) in [5.74, 6) is 0.766. The van der Waals surface area contributed by atoms with Crippen LogP contribution in [0.25, 0.3) is 0 Å². The van der Waals surface area contributed by atoms with E-state index in [1.807, 2.05) is 19.1 Å². The van der Waals surface area contributed by atoms with Gasteiger partial charge in [0, 0.05) is 64.4 Å². The summed E-state index contributed by atoms with van der Waals surface area (Å²) in [4.78, 5) is 69.6. The predicted molar refractivity (Wildman–Crippen MR) is 242 cm³/mol. The van der Waals surface area contributed by atoms with E-state index in [4.69, 9.17) is 9.72 Å². The minimum Gasteiger partial charge on any atom is -0.495 e. The second kappa shape index (κ2) is 18.3. The van der Waals surface area contributed by atoms with Gasteiger partial charge < -0.3 is 40.1 Å². The molecule has 5 fully saturated rings. The number of ether oxygens (including phenoxy) is 1. The van der Waals surface area contributed by atoms with Crippen molar-refractivity contribution in [2.45, 2.75) is 108 Å². The second-order valence-corrected chi connectivity index (χ2v) is 18.9. The summed E-state index contributed by atoms with van der Waals surface area (Å²) in [6.45, 7) is 6.10. The van der Waals surface area contributed by atoms with Gasteiger partial charge in [-0.1, -0.05) is 25.8 Å². The molecule has 2 bridgehead atoms. The molecule has 4 N–H and O–H groups in total. The fourth-order valence-corrected chi connectivity index (χ4v) is 12.0. The molecule has 15 nitrogen and oxygen atoms in total. The van der Waals surface area contributed by atoms with Crippen LogP contribution in [0.5, 0.6) is 5.75 Å². The number of anilines is 5. The Morgan fingerprint density at radius 1 is 0.984 bits per heavy atom. The molecular weight excluding hydrogens is 818 g/mol. The molecule has 3 aromatic rings. The maximum Gasteiger partial charge on any atom is 0.251 e. The lowest BCUT2D eigenvalue weighted by Gasteiger charge is -2.49. The van der Waals surface area contributed by atoms with Crippen molar-refractivity contribution in [3.05, 3.63) is 59.5 Å². The van der Waals surface area contributed by atoms with Crippen molar-refractivity contribution in [3.8, 4) is 5.75 Å². The molecule has 342 valence electrons. The number of hydrogen-bond donors (Lipinski definition) is 4. The number of nitrogens with zero attached hydrogens (tertiary/aromatic N) is 6. The molecule has 1 aromatic heterocycles. The molecule has 16 heteroatoms. The lowest BCUT2D eigenvalue weighted by Crippen LogP contribution is -2.63. The normalized spacial score (nSPS) is 26.6. The summed E-state index contributed by atoms with van der Waals surface area (Å²) in [7, 11) is 3.35. The van der Waals surface area contributed by atoms with E-state index in [1.54, 1.807) is 43.5 Å². The smallest absolute Gasteiger partial charge is 0.251 e. The number of likely N-dealkylation sites (tertiary alicyclic amines) is 1. The topological polar surface area (TPSA) is 173 Å². The van der Waals surface area contributed by atoms with Crippen LogP contribution in [0.2, 0.25) is 0 Å². The minimum atomic E-state index is -0.527. The van der Waals surface area contributed by atoms with E-state index in [0.29, 0.717) is 65.1 Å². The quantitative estimate of drug-likeness (QED) is 0.159. The van der Waals surface area contributed by atoms with E-state index in [9.17, 15) is 24.3 Å². The molecule has 0 spiro atoms. The van der Waals surface area contributed by atoms with Crippen molar-refractivity contribution in [2.75, 3.05) is 73.5 Å². The van der Waals surface area contributed by atoms with E-state index in [2.05, 4.69) is 35.6 Å². The van der Waals surface area contributed by atoms with Gasteiger partial charge in [0.2, 0.25) is 23.7 Å². The van der Waals surface area contributed by atoms with Crippen molar-refractivity contribution in [1.29, 1.82) is 0 Å². The van der Waals surface area contributed by atoms with Crippen molar-refractivity contribution >= 4 is 52.5 Å². The Morgan fingerprint density at radius 3 is 2.41 bits per heavy atom. The monoisotopic (exact) mass is 879 g/mol. The molecule has 6 aliphatic rings. The van der Waals surface area contributed by atoms with Crippen LogP contribution in [0.1, 0.15) is 106 Å². The number of aliphatic hydroxyl groups is 1. The van der Waals surface area contributed by atoms with E-state index in [-0.39, 0.29) is 66.4 Å². The number of carbonyl (C=O) groups is 4. The highest BCUT2D eigenvalue weighted by Crippen LogP contribution is 2.48. The standard InChI is InChI=1S/C48H62FN9O6/c1-4-38-46(63)55(2)40-25-50-47(53-43(40)58(38)34-7-5-6-8-34)51-37-14-9-31(24-41(37)64-3)44(61)54-48(19-22-59)32-11-12-33(48)28-56(27-32)26-29-17-20-57(21-18-29)39-15-10-30(23-36(39)49)35-13-16-42(60)52-45(35)62/h9-10,14-15,23-25,29,32-35,38,59H,4-8,11-13,16-22,26-28H2,1-3H3,(H,54,61)(H,50,51,53)(H,52,60,62)/t32?,33?,35?,38-,48?/m1/s1.